The van der Waals surface area contributed by atoms with Gasteiger partial charge in [0, 0.05) is 26.3 Å². The summed E-state index contributed by atoms with van der Waals surface area (Å²) in [5, 5.41) is 2.97. The molecule has 72 valence electrons. The van der Waals surface area contributed by atoms with E-state index in [4.69, 9.17) is 4.74 Å². The summed E-state index contributed by atoms with van der Waals surface area (Å²) >= 11 is 0. The van der Waals surface area contributed by atoms with Gasteiger partial charge in [0.25, 0.3) is 0 Å². The fourth-order valence-electron chi connectivity index (χ4n) is 1.07. The number of nitrogens with zero attached hydrogens (tertiary/aromatic N) is 2. The van der Waals surface area contributed by atoms with Crippen molar-refractivity contribution in [3.05, 3.63) is 18.1 Å². The summed E-state index contributed by atoms with van der Waals surface area (Å²) < 4.78 is 5.03. The van der Waals surface area contributed by atoms with Crippen molar-refractivity contribution in [3.8, 4) is 0 Å². The van der Waals surface area contributed by atoms with Crippen LogP contribution in [0.4, 0.5) is 5.82 Å². The molecule has 0 aromatic carbocycles. The molecule has 0 fully saturated rings. The molecule has 1 heterocycles. The Morgan fingerprint density at radius 1 is 1.62 bits per heavy atom. The van der Waals surface area contributed by atoms with Crippen LogP contribution in [0.25, 0.3) is 0 Å². The summed E-state index contributed by atoms with van der Waals surface area (Å²) in [6.07, 6.45) is 1.75. The molecular weight excluding hydrogens is 166 g/mol. The molecule has 1 rings (SSSR count). The van der Waals surface area contributed by atoms with E-state index in [1.165, 1.54) is 0 Å². The van der Waals surface area contributed by atoms with Crippen molar-refractivity contribution < 1.29 is 4.74 Å². The number of anilines is 1. The third kappa shape index (κ3) is 2.66. The molecule has 0 aliphatic heterocycles. The number of rotatable bonds is 4. The zero-order valence-electron chi connectivity index (χ0n) is 8.24. The average Bonchev–Trinajstić information content (AvgIpc) is 2.18. The highest BCUT2D eigenvalue weighted by Gasteiger charge is 2.07. The summed E-state index contributed by atoms with van der Waals surface area (Å²) in [5.74, 6) is 1.89. The maximum absolute atomic E-state index is 5.03. The second kappa shape index (κ2) is 4.77. The maximum atomic E-state index is 5.03. The van der Waals surface area contributed by atoms with Crippen LogP contribution < -0.4 is 5.32 Å². The number of hydrogen-bond acceptors (Lipinski definition) is 4. The van der Waals surface area contributed by atoms with Crippen molar-refractivity contribution in [2.75, 3.05) is 26.1 Å². The van der Waals surface area contributed by atoms with E-state index < -0.39 is 0 Å². The second-order valence-corrected chi connectivity index (χ2v) is 2.91. The molecule has 0 radical (unpaired) electrons. The van der Waals surface area contributed by atoms with E-state index in [1.54, 1.807) is 13.3 Å². The minimum Gasteiger partial charge on any atom is -0.384 e. The standard InChI is InChI=1S/C9H15N3O/c1-7(6-13-3)9-11-5-4-8(10-2)12-9/h4-5,7H,6H2,1-3H3,(H,10,11,12). The van der Waals surface area contributed by atoms with Gasteiger partial charge in [0.05, 0.1) is 6.61 Å². The molecule has 13 heavy (non-hydrogen) atoms. The first kappa shape index (κ1) is 9.92. The number of aromatic nitrogens is 2. The van der Waals surface area contributed by atoms with Gasteiger partial charge >= 0.3 is 0 Å². The van der Waals surface area contributed by atoms with Crippen molar-refractivity contribution in [2.24, 2.45) is 0 Å². The minimum atomic E-state index is 0.235. The molecular formula is C9H15N3O. The van der Waals surface area contributed by atoms with E-state index in [9.17, 15) is 0 Å². The minimum absolute atomic E-state index is 0.235. The van der Waals surface area contributed by atoms with Gasteiger partial charge in [0.1, 0.15) is 11.6 Å². The highest BCUT2D eigenvalue weighted by Crippen LogP contribution is 2.11. The predicted octanol–water partition coefficient (Wildman–Crippen LogP) is 1.27. The van der Waals surface area contributed by atoms with E-state index in [0.717, 1.165) is 11.6 Å². The van der Waals surface area contributed by atoms with Gasteiger partial charge in [0.15, 0.2) is 0 Å². The van der Waals surface area contributed by atoms with Gasteiger partial charge in [-0.05, 0) is 6.07 Å². The van der Waals surface area contributed by atoms with Gasteiger partial charge < -0.3 is 10.1 Å². The van der Waals surface area contributed by atoms with Crippen molar-refractivity contribution in [2.45, 2.75) is 12.8 Å². The third-order valence-corrected chi connectivity index (χ3v) is 1.79. The SMILES string of the molecule is CNc1ccnc(C(C)COC)n1. The van der Waals surface area contributed by atoms with E-state index >= 15 is 0 Å². The van der Waals surface area contributed by atoms with Crippen LogP contribution in [0.2, 0.25) is 0 Å². The molecule has 1 unspecified atom stereocenters. The van der Waals surface area contributed by atoms with Gasteiger partial charge in [0.2, 0.25) is 0 Å². The van der Waals surface area contributed by atoms with Crippen LogP contribution in [0.5, 0.6) is 0 Å². The smallest absolute Gasteiger partial charge is 0.135 e. The van der Waals surface area contributed by atoms with Gasteiger partial charge in [-0.2, -0.15) is 0 Å². The number of ether oxygens (including phenoxy) is 1. The summed E-state index contributed by atoms with van der Waals surface area (Å²) in [6.45, 7) is 2.69. The lowest BCUT2D eigenvalue weighted by Gasteiger charge is -2.09. The molecule has 4 nitrogen and oxygen atoms in total. The Bertz CT molecular complexity index is 265. The fourth-order valence-corrected chi connectivity index (χ4v) is 1.07. The lowest BCUT2D eigenvalue weighted by Crippen LogP contribution is -2.07. The Labute approximate surface area is 78.4 Å². The molecule has 0 aliphatic carbocycles. The highest BCUT2D eigenvalue weighted by atomic mass is 16.5. The maximum Gasteiger partial charge on any atom is 0.135 e. The third-order valence-electron chi connectivity index (χ3n) is 1.79. The van der Waals surface area contributed by atoms with Gasteiger partial charge in [-0.25, -0.2) is 9.97 Å². The van der Waals surface area contributed by atoms with E-state index in [1.807, 2.05) is 20.0 Å². The van der Waals surface area contributed by atoms with Crippen LogP contribution in [0.1, 0.15) is 18.7 Å². The van der Waals surface area contributed by atoms with Gasteiger partial charge in [-0.15, -0.1) is 0 Å². The predicted molar refractivity (Wildman–Crippen MR) is 51.9 cm³/mol. The van der Waals surface area contributed by atoms with Crippen molar-refractivity contribution in [1.29, 1.82) is 0 Å². The first-order chi connectivity index (χ1) is 6.27. The Morgan fingerprint density at radius 2 is 2.38 bits per heavy atom. The summed E-state index contributed by atoms with van der Waals surface area (Å²) in [7, 11) is 3.52. The first-order valence-electron chi connectivity index (χ1n) is 4.27. The monoisotopic (exact) mass is 181 g/mol. The number of nitrogens with one attached hydrogen (secondary N) is 1. The topological polar surface area (TPSA) is 47.0 Å². The molecule has 1 aromatic rings. The van der Waals surface area contributed by atoms with E-state index in [-0.39, 0.29) is 5.92 Å². The molecule has 0 spiro atoms. The Morgan fingerprint density at radius 3 is 3.00 bits per heavy atom. The lowest BCUT2D eigenvalue weighted by atomic mass is 10.2. The Balaban J connectivity index is 2.75. The lowest BCUT2D eigenvalue weighted by molar-refractivity contribution is 0.181. The fraction of sp³-hybridized carbons (Fsp3) is 0.556. The first-order valence-corrected chi connectivity index (χ1v) is 4.27. The van der Waals surface area contributed by atoms with E-state index in [2.05, 4.69) is 15.3 Å². The Kier molecular flexibility index (Phi) is 3.64. The molecule has 1 N–H and O–H groups in total. The van der Waals surface area contributed by atoms with Crippen molar-refractivity contribution >= 4 is 5.82 Å². The summed E-state index contributed by atoms with van der Waals surface area (Å²) in [6, 6.07) is 1.84. The van der Waals surface area contributed by atoms with Crippen molar-refractivity contribution in [3.63, 3.8) is 0 Å². The van der Waals surface area contributed by atoms with Crippen LogP contribution in [0, 0.1) is 0 Å². The Hall–Kier alpha value is -1.16. The largest absolute Gasteiger partial charge is 0.384 e. The molecule has 1 aromatic heterocycles. The highest BCUT2D eigenvalue weighted by molar-refractivity contribution is 5.31. The van der Waals surface area contributed by atoms with Gasteiger partial charge in [-0.3, -0.25) is 0 Å². The normalized spacial score (nSPS) is 12.5. The van der Waals surface area contributed by atoms with Crippen LogP contribution in [0.3, 0.4) is 0 Å². The molecule has 0 bridgehead atoms. The zero-order chi connectivity index (χ0) is 9.68. The van der Waals surface area contributed by atoms with Crippen molar-refractivity contribution in [1.82, 2.24) is 9.97 Å². The number of hydrogen-bond donors (Lipinski definition) is 1. The average molecular weight is 181 g/mol. The molecule has 0 amide bonds. The summed E-state index contributed by atoms with van der Waals surface area (Å²) in [5.41, 5.74) is 0. The number of methoxy groups -OCH3 is 1. The molecule has 4 heteroatoms. The summed E-state index contributed by atoms with van der Waals surface area (Å²) in [4.78, 5) is 8.48. The zero-order valence-corrected chi connectivity index (χ0v) is 8.24. The van der Waals surface area contributed by atoms with E-state index in [0.29, 0.717) is 6.61 Å². The molecule has 1 atom stereocenters. The van der Waals surface area contributed by atoms with Gasteiger partial charge in [-0.1, -0.05) is 6.92 Å². The van der Waals surface area contributed by atoms with Crippen LogP contribution >= 0.6 is 0 Å². The molecule has 0 saturated heterocycles. The van der Waals surface area contributed by atoms with Crippen LogP contribution in [0.15, 0.2) is 12.3 Å². The van der Waals surface area contributed by atoms with Crippen LogP contribution in [-0.2, 0) is 4.74 Å². The van der Waals surface area contributed by atoms with Crippen LogP contribution in [-0.4, -0.2) is 30.7 Å². The quantitative estimate of drug-likeness (QED) is 0.759. The molecule has 0 saturated carbocycles. The second-order valence-electron chi connectivity index (χ2n) is 2.91. The molecule has 0 aliphatic rings.